The summed E-state index contributed by atoms with van der Waals surface area (Å²) in [7, 11) is 0. The van der Waals surface area contributed by atoms with Crippen molar-refractivity contribution in [3.63, 3.8) is 0 Å². The van der Waals surface area contributed by atoms with Gasteiger partial charge in [-0.2, -0.15) is 0 Å². The van der Waals surface area contributed by atoms with Gasteiger partial charge in [-0.15, -0.1) is 0 Å². The van der Waals surface area contributed by atoms with Crippen LogP contribution in [0.1, 0.15) is 55.4 Å². The van der Waals surface area contributed by atoms with Gasteiger partial charge in [-0.3, -0.25) is 0 Å². The predicted molar refractivity (Wildman–Crippen MR) is 51.8 cm³/mol. The van der Waals surface area contributed by atoms with E-state index in [1.54, 1.807) is 0 Å². The topological polar surface area (TPSA) is 26.0 Å². The summed E-state index contributed by atoms with van der Waals surface area (Å²) in [5, 5.41) is 0. The Bertz CT molecular complexity index is 265. The van der Waals surface area contributed by atoms with Gasteiger partial charge in [0.2, 0.25) is 0 Å². The Morgan fingerprint density at radius 2 is 1.85 bits per heavy atom. The first-order chi connectivity index (χ1) is 6.27. The fourth-order valence-electron chi connectivity index (χ4n) is 2.02. The third-order valence-electron chi connectivity index (χ3n) is 3.00. The Morgan fingerprint density at radius 1 is 1.15 bits per heavy atom. The molecule has 1 saturated carbocycles. The molecule has 1 aromatic rings. The number of aryl methyl sites for hydroxylation is 2. The molecule has 0 aromatic carbocycles. The highest BCUT2D eigenvalue weighted by atomic mass is 16.4. The fourth-order valence-corrected chi connectivity index (χ4v) is 2.02. The van der Waals surface area contributed by atoms with Gasteiger partial charge < -0.3 is 4.42 Å². The number of nitrogens with zero attached hydrogens (tertiary/aromatic N) is 1. The minimum absolute atomic E-state index is 0.598. The van der Waals surface area contributed by atoms with Crippen LogP contribution in [0, 0.1) is 13.8 Å². The highest BCUT2D eigenvalue weighted by Gasteiger charge is 2.20. The Labute approximate surface area is 79.4 Å². The minimum Gasteiger partial charge on any atom is -0.445 e. The van der Waals surface area contributed by atoms with Crippen molar-refractivity contribution in [2.75, 3.05) is 0 Å². The summed E-state index contributed by atoms with van der Waals surface area (Å²) in [5.74, 6) is 2.57. The molecular formula is C11H17NO. The molecule has 0 aliphatic heterocycles. The molecule has 2 nitrogen and oxygen atoms in total. The van der Waals surface area contributed by atoms with Crippen molar-refractivity contribution in [3.8, 4) is 0 Å². The summed E-state index contributed by atoms with van der Waals surface area (Å²) < 4.78 is 5.64. The quantitative estimate of drug-likeness (QED) is 0.660. The van der Waals surface area contributed by atoms with Crippen LogP contribution in [0.2, 0.25) is 0 Å². The number of aromatic nitrogens is 1. The summed E-state index contributed by atoms with van der Waals surface area (Å²) in [5.41, 5.74) is 1.06. The SMILES string of the molecule is Cc1nc(C2CCCCC2)oc1C. The van der Waals surface area contributed by atoms with Crippen LogP contribution in [0.4, 0.5) is 0 Å². The Kier molecular flexibility index (Phi) is 2.38. The van der Waals surface area contributed by atoms with Crippen LogP contribution in [0.3, 0.4) is 0 Å². The zero-order chi connectivity index (χ0) is 9.26. The molecule has 0 bridgehead atoms. The van der Waals surface area contributed by atoms with Crippen molar-refractivity contribution in [1.82, 2.24) is 4.98 Å². The van der Waals surface area contributed by atoms with E-state index in [-0.39, 0.29) is 0 Å². The second kappa shape index (κ2) is 3.52. The van der Waals surface area contributed by atoms with E-state index in [0.29, 0.717) is 5.92 Å². The molecule has 1 aromatic heterocycles. The van der Waals surface area contributed by atoms with Gasteiger partial charge in [0.1, 0.15) is 5.76 Å². The van der Waals surface area contributed by atoms with E-state index in [9.17, 15) is 0 Å². The van der Waals surface area contributed by atoms with E-state index in [1.807, 2.05) is 13.8 Å². The zero-order valence-corrected chi connectivity index (χ0v) is 8.47. The fraction of sp³-hybridized carbons (Fsp3) is 0.727. The first-order valence-corrected chi connectivity index (χ1v) is 5.21. The number of oxazole rings is 1. The molecular weight excluding hydrogens is 162 g/mol. The summed E-state index contributed by atoms with van der Waals surface area (Å²) >= 11 is 0. The highest BCUT2D eigenvalue weighted by Crippen LogP contribution is 2.32. The lowest BCUT2D eigenvalue weighted by atomic mass is 9.89. The minimum atomic E-state index is 0.598. The summed E-state index contributed by atoms with van der Waals surface area (Å²) in [6.45, 7) is 4.01. The van der Waals surface area contributed by atoms with Crippen molar-refractivity contribution >= 4 is 0 Å². The van der Waals surface area contributed by atoms with Crippen LogP contribution in [-0.2, 0) is 0 Å². The van der Waals surface area contributed by atoms with E-state index in [4.69, 9.17) is 4.42 Å². The van der Waals surface area contributed by atoms with Gasteiger partial charge in [0.05, 0.1) is 5.69 Å². The lowest BCUT2D eigenvalue weighted by Gasteiger charge is -2.17. The van der Waals surface area contributed by atoms with E-state index in [1.165, 1.54) is 32.1 Å². The molecule has 1 aliphatic carbocycles. The van der Waals surface area contributed by atoms with Crippen molar-refractivity contribution in [1.29, 1.82) is 0 Å². The standard InChI is InChI=1S/C11H17NO/c1-8-9(2)13-11(12-8)10-6-4-3-5-7-10/h10H,3-7H2,1-2H3. The molecule has 2 heteroatoms. The number of hydrogen-bond donors (Lipinski definition) is 0. The second-order valence-electron chi connectivity index (χ2n) is 4.03. The van der Waals surface area contributed by atoms with E-state index in [0.717, 1.165) is 17.3 Å². The lowest BCUT2D eigenvalue weighted by Crippen LogP contribution is -2.04. The van der Waals surface area contributed by atoms with Crippen molar-refractivity contribution in [2.24, 2.45) is 0 Å². The molecule has 72 valence electrons. The van der Waals surface area contributed by atoms with Gasteiger partial charge in [-0.05, 0) is 26.7 Å². The third-order valence-corrected chi connectivity index (χ3v) is 3.00. The smallest absolute Gasteiger partial charge is 0.197 e. The second-order valence-corrected chi connectivity index (χ2v) is 4.03. The van der Waals surface area contributed by atoms with Crippen LogP contribution in [0.25, 0.3) is 0 Å². The lowest BCUT2D eigenvalue weighted by molar-refractivity contribution is 0.356. The first kappa shape index (κ1) is 8.79. The van der Waals surface area contributed by atoms with Crippen molar-refractivity contribution in [3.05, 3.63) is 17.3 Å². The highest BCUT2D eigenvalue weighted by molar-refractivity contribution is 5.08. The van der Waals surface area contributed by atoms with E-state index >= 15 is 0 Å². The first-order valence-electron chi connectivity index (χ1n) is 5.21. The zero-order valence-electron chi connectivity index (χ0n) is 8.47. The monoisotopic (exact) mass is 179 g/mol. The molecule has 0 amide bonds. The average molecular weight is 179 g/mol. The Hall–Kier alpha value is -0.790. The van der Waals surface area contributed by atoms with Gasteiger partial charge in [-0.1, -0.05) is 19.3 Å². The molecule has 1 aliphatic rings. The molecule has 0 unspecified atom stereocenters. The normalized spacial score (nSPS) is 19.2. The maximum Gasteiger partial charge on any atom is 0.197 e. The molecule has 13 heavy (non-hydrogen) atoms. The predicted octanol–water partition coefficient (Wildman–Crippen LogP) is 3.34. The molecule has 1 fully saturated rings. The van der Waals surface area contributed by atoms with Gasteiger partial charge in [0.15, 0.2) is 5.89 Å². The van der Waals surface area contributed by atoms with Crippen molar-refractivity contribution < 1.29 is 4.42 Å². The molecule has 0 radical (unpaired) electrons. The number of rotatable bonds is 1. The number of hydrogen-bond acceptors (Lipinski definition) is 2. The maximum atomic E-state index is 5.64. The maximum absolute atomic E-state index is 5.64. The largest absolute Gasteiger partial charge is 0.445 e. The van der Waals surface area contributed by atoms with Gasteiger partial charge in [0, 0.05) is 5.92 Å². The average Bonchev–Trinajstić information content (AvgIpc) is 2.49. The van der Waals surface area contributed by atoms with Crippen LogP contribution in [0.5, 0.6) is 0 Å². The molecule has 0 N–H and O–H groups in total. The van der Waals surface area contributed by atoms with Crippen LogP contribution < -0.4 is 0 Å². The molecule has 2 rings (SSSR count). The Balaban J connectivity index is 2.14. The summed E-state index contributed by atoms with van der Waals surface area (Å²) in [4.78, 5) is 4.47. The van der Waals surface area contributed by atoms with E-state index in [2.05, 4.69) is 4.98 Å². The van der Waals surface area contributed by atoms with Crippen molar-refractivity contribution in [2.45, 2.75) is 51.9 Å². The third kappa shape index (κ3) is 1.77. The van der Waals surface area contributed by atoms with E-state index < -0.39 is 0 Å². The van der Waals surface area contributed by atoms with Gasteiger partial charge in [-0.25, -0.2) is 4.98 Å². The van der Waals surface area contributed by atoms with Gasteiger partial charge in [0.25, 0.3) is 0 Å². The van der Waals surface area contributed by atoms with Gasteiger partial charge >= 0.3 is 0 Å². The summed E-state index contributed by atoms with van der Waals surface area (Å²) in [6, 6.07) is 0. The van der Waals surface area contributed by atoms with Crippen LogP contribution in [0.15, 0.2) is 4.42 Å². The molecule has 1 heterocycles. The van der Waals surface area contributed by atoms with Crippen LogP contribution >= 0.6 is 0 Å². The molecule has 0 spiro atoms. The van der Waals surface area contributed by atoms with Crippen LogP contribution in [-0.4, -0.2) is 4.98 Å². The Morgan fingerprint density at radius 3 is 2.38 bits per heavy atom. The molecule has 0 saturated heterocycles. The molecule has 0 atom stereocenters. The summed E-state index contributed by atoms with van der Waals surface area (Å²) in [6.07, 6.45) is 6.59.